The van der Waals surface area contributed by atoms with E-state index >= 15 is 0 Å². The van der Waals surface area contributed by atoms with Crippen molar-refractivity contribution < 1.29 is 0 Å². The predicted octanol–water partition coefficient (Wildman–Crippen LogP) is 2.69. The number of terminal acetylenes is 1. The first kappa shape index (κ1) is 14.2. The molecule has 0 spiro atoms. The van der Waals surface area contributed by atoms with Gasteiger partial charge in [-0.2, -0.15) is 0 Å². The second kappa shape index (κ2) is 6.79. The van der Waals surface area contributed by atoms with Gasteiger partial charge in [0.2, 0.25) is 0 Å². The molecular formula is C15H20ClN3. The maximum atomic E-state index is 6.17. The fourth-order valence-corrected chi connectivity index (χ4v) is 2.17. The third-order valence-corrected chi connectivity index (χ3v) is 3.61. The normalized spacial score (nSPS) is 14.2. The van der Waals surface area contributed by atoms with Crippen LogP contribution in [0.15, 0.2) is 12.3 Å². The molecule has 0 amide bonds. The molecule has 102 valence electrons. The second-order valence-electron chi connectivity index (χ2n) is 4.94. The highest BCUT2D eigenvalue weighted by Crippen LogP contribution is 2.31. The minimum absolute atomic E-state index is 0.603. The van der Waals surface area contributed by atoms with Crippen molar-refractivity contribution in [1.82, 2.24) is 10.3 Å². The molecule has 1 fully saturated rings. The van der Waals surface area contributed by atoms with Crippen LogP contribution in [-0.2, 0) is 6.54 Å². The molecule has 19 heavy (non-hydrogen) atoms. The minimum atomic E-state index is 0.603. The zero-order valence-corrected chi connectivity index (χ0v) is 12.1. The van der Waals surface area contributed by atoms with Crippen LogP contribution in [0.25, 0.3) is 0 Å². The molecule has 1 N–H and O–H groups in total. The van der Waals surface area contributed by atoms with Crippen molar-refractivity contribution in [2.45, 2.75) is 26.3 Å². The van der Waals surface area contributed by atoms with Gasteiger partial charge < -0.3 is 10.2 Å². The van der Waals surface area contributed by atoms with E-state index in [1.165, 1.54) is 12.8 Å². The maximum absolute atomic E-state index is 6.17. The molecule has 0 unspecified atom stereocenters. The first-order valence-corrected chi connectivity index (χ1v) is 7.16. The number of nitrogens with zero attached hydrogens (tertiary/aromatic N) is 2. The number of nitrogens with one attached hydrogen (secondary N) is 1. The van der Waals surface area contributed by atoms with Crippen molar-refractivity contribution >= 4 is 17.4 Å². The summed E-state index contributed by atoms with van der Waals surface area (Å²) in [5.74, 6) is 4.43. The first-order valence-electron chi connectivity index (χ1n) is 6.78. The Bertz CT molecular complexity index is 463. The number of anilines is 1. The third kappa shape index (κ3) is 4.12. The van der Waals surface area contributed by atoms with Gasteiger partial charge >= 0.3 is 0 Å². The van der Waals surface area contributed by atoms with Gasteiger partial charge in [-0.1, -0.05) is 24.4 Å². The zero-order valence-electron chi connectivity index (χ0n) is 11.3. The molecule has 3 nitrogen and oxygen atoms in total. The van der Waals surface area contributed by atoms with Crippen LogP contribution >= 0.6 is 11.6 Å². The summed E-state index contributed by atoms with van der Waals surface area (Å²) in [6.07, 6.45) is 9.78. The fraction of sp³-hybridized carbons (Fsp3) is 0.533. The molecule has 0 saturated heterocycles. The number of pyridine rings is 1. The Hall–Kier alpha value is -1.24. The second-order valence-corrected chi connectivity index (χ2v) is 5.35. The third-order valence-electron chi connectivity index (χ3n) is 3.27. The van der Waals surface area contributed by atoms with Gasteiger partial charge in [-0.15, -0.1) is 6.42 Å². The lowest BCUT2D eigenvalue weighted by atomic mass is 10.2. The lowest BCUT2D eigenvalue weighted by molar-refractivity contribution is 0.721. The van der Waals surface area contributed by atoms with Gasteiger partial charge in [0.1, 0.15) is 5.82 Å². The Morgan fingerprint density at radius 1 is 1.58 bits per heavy atom. The summed E-state index contributed by atoms with van der Waals surface area (Å²) in [5, 5.41) is 3.99. The Morgan fingerprint density at radius 3 is 3.00 bits per heavy atom. The molecule has 1 aliphatic carbocycles. The van der Waals surface area contributed by atoms with E-state index in [1.54, 1.807) is 6.20 Å². The molecule has 0 aromatic carbocycles. The van der Waals surface area contributed by atoms with Crippen LogP contribution in [0.2, 0.25) is 5.02 Å². The maximum Gasteiger partial charge on any atom is 0.129 e. The van der Waals surface area contributed by atoms with Crippen LogP contribution in [0.4, 0.5) is 5.82 Å². The molecule has 1 heterocycles. The molecule has 1 saturated carbocycles. The smallest absolute Gasteiger partial charge is 0.129 e. The average molecular weight is 278 g/mol. The van der Waals surface area contributed by atoms with Crippen molar-refractivity contribution in [3.05, 3.63) is 22.8 Å². The molecule has 1 aromatic rings. The Morgan fingerprint density at radius 2 is 2.37 bits per heavy atom. The topological polar surface area (TPSA) is 28.2 Å². The van der Waals surface area contributed by atoms with Crippen LogP contribution in [0.3, 0.4) is 0 Å². The van der Waals surface area contributed by atoms with E-state index in [-0.39, 0.29) is 0 Å². The van der Waals surface area contributed by atoms with Crippen molar-refractivity contribution in [3.63, 3.8) is 0 Å². The van der Waals surface area contributed by atoms with Crippen molar-refractivity contribution in [1.29, 1.82) is 0 Å². The van der Waals surface area contributed by atoms with E-state index in [4.69, 9.17) is 18.0 Å². The summed E-state index contributed by atoms with van der Waals surface area (Å²) in [4.78, 5) is 6.59. The number of halogens is 1. The van der Waals surface area contributed by atoms with Gasteiger partial charge in [0.05, 0.1) is 11.6 Å². The van der Waals surface area contributed by atoms with Crippen molar-refractivity contribution in [2.75, 3.05) is 24.5 Å². The molecule has 1 aliphatic rings. The molecule has 0 bridgehead atoms. The molecule has 2 rings (SSSR count). The van der Waals surface area contributed by atoms with Crippen molar-refractivity contribution in [2.24, 2.45) is 5.92 Å². The van der Waals surface area contributed by atoms with Crippen LogP contribution < -0.4 is 10.2 Å². The number of aromatic nitrogens is 1. The summed E-state index contributed by atoms with van der Waals surface area (Å²) in [7, 11) is 0. The van der Waals surface area contributed by atoms with Crippen LogP contribution in [0, 0.1) is 18.3 Å². The lowest BCUT2D eigenvalue weighted by Crippen LogP contribution is -2.27. The van der Waals surface area contributed by atoms with E-state index in [0.717, 1.165) is 36.9 Å². The number of hydrogen-bond acceptors (Lipinski definition) is 3. The highest BCUT2D eigenvalue weighted by molar-refractivity contribution is 6.31. The average Bonchev–Trinajstić information content (AvgIpc) is 3.21. The number of hydrogen-bond donors (Lipinski definition) is 1. The predicted molar refractivity (Wildman–Crippen MR) is 80.4 cm³/mol. The molecule has 4 heteroatoms. The van der Waals surface area contributed by atoms with Gasteiger partial charge in [-0.05, 0) is 36.9 Å². The van der Waals surface area contributed by atoms with Gasteiger partial charge in [0.25, 0.3) is 0 Å². The van der Waals surface area contributed by atoms with Crippen LogP contribution in [0.5, 0.6) is 0 Å². The van der Waals surface area contributed by atoms with Crippen molar-refractivity contribution in [3.8, 4) is 12.3 Å². The summed E-state index contributed by atoms with van der Waals surface area (Å²) < 4.78 is 0. The number of rotatable bonds is 7. The molecule has 1 aromatic heterocycles. The quantitative estimate of drug-likeness (QED) is 0.777. The van der Waals surface area contributed by atoms with E-state index in [0.29, 0.717) is 11.6 Å². The van der Waals surface area contributed by atoms with E-state index in [1.807, 2.05) is 6.07 Å². The minimum Gasteiger partial charge on any atom is -0.345 e. The first-order chi connectivity index (χ1) is 9.24. The van der Waals surface area contributed by atoms with Gasteiger partial charge in [0, 0.05) is 19.3 Å². The lowest BCUT2D eigenvalue weighted by Gasteiger charge is -2.22. The van der Waals surface area contributed by atoms with Gasteiger partial charge in [-0.25, -0.2) is 4.98 Å². The molecular weight excluding hydrogens is 258 g/mol. The fourth-order valence-electron chi connectivity index (χ4n) is 2.00. The monoisotopic (exact) mass is 277 g/mol. The SMILES string of the molecule is C#CCN(CC1CC1)c1cc(CNCC)c(Cl)cn1. The van der Waals surface area contributed by atoms with Crippen LogP contribution in [0.1, 0.15) is 25.3 Å². The Labute approximate surface area is 120 Å². The van der Waals surface area contributed by atoms with E-state index in [2.05, 4.69) is 28.0 Å². The molecule has 0 radical (unpaired) electrons. The van der Waals surface area contributed by atoms with E-state index < -0.39 is 0 Å². The van der Waals surface area contributed by atoms with Gasteiger partial charge in [-0.3, -0.25) is 0 Å². The Balaban J connectivity index is 2.13. The molecule has 0 atom stereocenters. The summed E-state index contributed by atoms with van der Waals surface area (Å²) in [5.41, 5.74) is 1.08. The zero-order chi connectivity index (χ0) is 13.7. The Kier molecular flexibility index (Phi) is 5.07. The highest BCUT2D eigenvalue weighted by atomic mass is 35.5. The van der Waals surface area contributed by atoms with E-state index in [9.17, 15) is 0 Å². The molecule has 0 aliphatic heterocycles. The summed E-state index contributed by atoms with van der Waals surface area (Å²) in [6.45, 7) is 5.36. The summed E-state index contributed by atoms with van der Waals surface area (Å²) in [6, 6.07) is 2.05. The summed E-state index contributed by atoms with van der Waals surface area (Å²) >= 11 is 6.17. The van der Waals surface area contributed by atoms with Crippen LogP contribution in [-0.4, -0.2) is 24.6 Å². The standard InChI is InChI=1S/C15H20ClN3/c1-3-7-19(11-12-5-6-12)15-8-13(9-17-4-2)14(16)10-18-15/h1,8,10,12,17H,4-7,9,11H2,2H3. The van der Waals surface area contributed by atoms with Gasteiger partial charge in [0.15, 0.2) is 0 Å². The largest absolute Gasteiger partial charge is 0.345 e. The highest BCUT2D eigenvalue weighted by Gasteiger charge is 2.24.